The first-order valence-electron chi connectivity index (χ1n) is 6.22. The molecule has 0 unspecified atom stereocenters. The number of rotatable bonds is 3. The number of nitrogens with zero attached hydrogens (tertiary/aromatic N) is 2. The third kappa shape index (κ3) is 3.25. The molecule has 0 atom stereocenters. The fourth-order valence-corrected chi connectivity index (χ4v) is 2.69. The third-order valence-corrected chi connectivity index (χ3v) is 3.96. The van der Waals surface area contributed by atoms with E-state index in [0.717, 1.165) is 22.4 Å². The molecule has 0 aliphatic carbocycles. The van der Waals surface area contributed by atoms with E-state index in [1.807, 2.05) is 52.3 Å². The minimum absolute atomic E-state index is 0.632. The van der Waals surface area contributed by atoms with Gasteiger partial charge >= 0.3 is 0 Å². The lowest BCUT2D eigenvalue weighted by molar-refractivity contribution is -0.114. The van der Waals surface area contributed by atoms with E-state index < -0.39 is 5.54 Å². The Morgan fingerprint density at radius 2 is 2.05 bits per heavy atom. The molecule has 3 nitrogen and oxygen atoms in total. The summed E-state index contributed by atoms with van der Waals surface area (Å²) >= 11 is 7.65. The number of carbonyl (C=O) groups excluding carboxylic acids is 1. The summed E-state index contributed by atoms with van der Waals surface area (Å²) in [5.41, 5.74) is 1.23. The molecular weight excluding hydrogens is 280 g/mol. The van der Waals surface area contributed by atoms with Crippen molar-refractivity contribution in [2.75, 3.05) is 0 Å². The van der Waals surface area contributed by atoms with Crippen LogP contribution in [-0.2, 0) is 10.3 Å². The van der Waals surface area contributed by atoms with Crippen molar-refractivity contribution in [1.29, 1.82) is 0 Å². The van der Waals surface area contributed by atoms with E-state index in [1.54, 1.807) is 16.0 Å². The average molecular weight is 299 g/mol. The number of hydrogen-bond acceptors (Lipinski definition) is 3. The van der Waals surface area contributed by atoms with Crippen LogP contribution in [-0.4, -0.2) is 16.1 Å². The summed E-state index contributed by atoms with van der Waals surface area (Å²) < 4.78 is 1.68. The highest BCUT2D eigenvalue weighted by atomic mass is 35.5. The quantitative estimate of drug-likeness (QED) is 0.780. The predicted molar refractivity (Wildman–Crippen MR) is 82.0 cm³/mol. The molecule has 5 heteroatoms. The normalized spacial score (nSPS) is 10.8. The zero-order valence-corrected chi connectivity index (χ0v) is 13.5. The van der Waals surface area contributed by atoms with Crippen LogP contribution in [0.1, 0.15) is 33.3 Å². The molecule has 0 bridgehead atoms. The summed E-state index contributed by atoms with van der Waals surface area (Å²) in [5, 5.41) is 7.10. The van der Waals surface area contributed by atoms with E-state index >= 15 is 0 Å². The van der Waals surface area contributed by atoms with E-state index in [1.165, 1.54) is 0 Å². The van der Waals surface area contributed by atoms with Gasteiger partial charge in [-0.05, 0) is 37.8 Å². The van der Waals surface area contributed by atoms with Gasteiger partial charge in [-0.15, -0.1) is 11.3 Å². The van der Waals surface area contributed by atoms with Gasteiger partial charge in [-0.25, -0.2) is 0 Å². The van der Waals surface area contributed by atoms with Gasteiger partial charge in [0.25, 0.3) is 0 Å². The molecule has 0 radical (unpaired) electrons. The molecule has 19 heavy (non-hydrogen) atoms. The first-order valence-corrected chi connectivity index (χ1v) is 7.48. The maximum atomic E-state index is 11.0. The Hall–Kier alpha value is -1.13. The van der Waals surface area contributed by atoms with Crippen molar-refractivity contribution in [2.45, 2.75) is 40.2 Å². The van der Waals surface area contributed by atoms with Crippen LogP contribution in [0.2, 0.25) is 5.02 Å². The molecule has 0 aliphatic rings. The van der Waals surface area contributed by atoms with Crippen molar-refractivity contribution in [1.82, 2.24) is 9.78 Å². The second kappa shape index (κ2) is 6.35. The number of thiophene rings is 1. The zero-order chi connectivity index (χ0) is 14.6. The molecule has 0 amide bonds. The lowest BCUT2D eigenvalue weighted by Gasteiger charge is -2.17. The lowest BCUT2D eigenvalue weighted by atomic mass is 10.1. The summed E-state index contributed by atoms with van der Waals surface area (Å²) in [6.45, 7) is 9.62. The number of carbonyl (C=O) groups is 1. The SMILES string of the molecule is CC.Cc1cn(C(C)(C)C=O)nc1-c1sccc1Cl. The van der Waals surface area contributed by atoms with E-state index in [0.29, 0.717) is 5.02 Å². The van der Waals surface area contributed by atoms with Gasteiger partial charge in [-0.2, -0.15) is 5.10 Å². The van der Waals surface area contributed by atoms with Gasteiger partial charge in [0.2, 0.25) is 0 Å². The predicted octanol–water partition coefficient (Wildman–Crippen LogP) is 4.53. The van der Waals surface area contributed by atoms with Gasteiger partial charge in [0.05, 0.1) is 9.90 Å². The molecule has 0 N–H and O–H groups in total. The summed E-state index contributed by atoms with van der Waals surface area (Å²) in [6.07, 6.45) is 2.76. The van der Waals surface area contributed by atoms with E-state index in [4.69, 9.17) is 11.6 Å². The summed E-state index contributed by atoms with van der Waals surface area (Å²) in [4.78, 5) is 12.0. The highest BCUT2D eigenvalue weighted by Crippen LogP contribution is 2.34. The minimum atomic E-state index is -0.632. The van der Waals surface area contributed by atoms with Crippen molar-refractivity contribution < 1.29 is 4.79 Å². The molecule has 2 aromatic heterocycles. The first kappa shape index (κ1) is 15.9. The van der Waals surface area contributed by atoms with Gasteiger partial charge in [-0.1, -0.05) is 25.4 Å². The largest absolute Gasteiger partial charge is 0.301 e. The van der Waals surface area contributed by atoms with Gasteiger partial charge in [0, 0.05) is 6.20 Å². The fraction of sp³-hybridized carbons (Fsp3) is 0.429. The van der Waals surface area contributed by atoms with Crippen molar-refractivity contribution >= 4 is 29.2 Å². The van der Waals surface area contributed by atoms with Crippen molar-refractivity contribution in [3.63, 3.8) is 0 Å². The maximum Gasteiger partial charge on any atom is 0.147 e. The third-order valence-electron chi connectivity index (χ3n) is 2.61. The number of hydrogen-bond donors (Lipinski definition) is 0. The van der Waals surface area contributed by atoms with Crippen molar-refractivity contribution in [3.05, 3.63) is 28.2 Å². The molecule has 0 saturated heterocycles. The molecule has 0 spiro atoms. The number of halogens is 1. The van der Waals surface area contributed by atoms with Gasteiger partial charge < -0.3 is 4.79 Å². The summed E-state index contributed by atoms with van der Waals surface area (Å²) in [5.74, 6) is 0. The first-order chi connectivity index (χ1) is 8.95. The standard InChI is InChI=1S/C12H13ClN2OS.C2H6/c1-8-6-15(12(2,3)7-16)14-10(8)11-9(13)4-5-17-11;1-2/h4-7H,1-3H3;1-2H3. The molecule has 2 rings (SSSR count). The monoisotopic (exact) mass is 298 g/mol. The van der Waals surface area contributed by atoms with Crippen LogP contribution < -0.4 is 0 Å². The molecule has 0 aliphatic heterocycles. The van der Waals surface area contributed by atoms with Gasteiger partial charge in [0.15, 0.2) is 0 Å². The van der Waals surface area contributed by atoms with Crippen LogP contribution in [0.3, 0.4) is 0 Å². The Kier molecular flexibility index (Phi) is 5.32. The highest BCUT2D eigenvalue weighted by molar-refractivity contribution is 7.14. The Labute approximate surface area is 123 Å². The molecule has 104 valence electrons. The average Bonchev–Trinajstić information content (AvgIpc) is 2.98. The molecule has 0 saturated carbocycles. The van der Waals surface area contributed by atoms with Crippen LogP contribution in [0, 0.1) is 6.92 Å². The summed E-state index contributed by atoms with van der Waals surface area (Å²) in [6, 6.07) is 1.85. The number of aldehydes is 1. The Morgan fingerprint density at radius 3 is 2.53 bits per heavy atom. The van der Waals surface area contributed by atoms with Crippen molar-refractivity contribution in [2.24, 2.45) is 0 Å². The molecule has 0 aromatic carbocycles. The molecule has 0 fully saturated rings. The lowest BCUT2D eigenvalue weighted by Crippen LogP contribution is -2.28. The topological polar surface area (TPSA) is 34.9 Å². The van der Waals surface area contributed by atoms with Crippen LogP contribution in [0.15, 0.2) is 17.6 Å². The van der Waals surface area contributed by atoms with Crippen molar-refractivity contribution in [3.8, 4) is 10.6 Å². The van der Waals surface area contributed by atoms with Crippen LogP contribution in [0.4, 0.5) is 0 Å². The highest BCUT2D eigenvalue weighted by Gasteiger charge is 2.22. The van der Waals surface area contributed by atoms with Gasteiger partial charge in [-0.3, -0.25) is 4.68 Å². The van der Waals surface area contributed by atoms with Crippen LogP contribution in [0.25, 0.3) is 10.6 Å². The second-order valence-corrected chi connectivity index (χ2v) is 5.80. The number of aryl methyl sites for hydroxylation is 1. The Balaban J connectivity index is 0.000000861. The second-order valence-electron chi connectivity index (χ2n) is 4.47. The Bertz CT molecular complexity index is 558. The Morgan fingerprint density at radius 1 is 1.42 bits per heavy atom. The van der Waals surface area contributed by atoms with E-state index in [-0.39, 0.29) is 0 Å². The van der Waals surface area contributed by atoms with Crippen LogP contribution in [0.5, 0.6) is 0 Å². The maximum absolute atomic E-state index is 11.0. The zero-order valence-electron chi connectivity index (χ0n) is 11.9. The van der Waals surface area contributed by atoms with E-state index in [9.17, 15) is 4.79 Å². The smallest absolute Gasteiger partial charge is 0.147 e. The molecule has 2 heterocycles. The van der Waals surface area contributed by atoms with E-state index in [2.05, 4.69) is 5.10 Å². The van der Waals surface area contributed by atoms with Gasteiger partial charge in [0.1, 0.15) is 17.5 Å². The number of aromatic nitrogens is 2. The molecular formula is C14H19ClN2OS. The fourth-order valence-electron chi connectivity index (χ4n) is 1.50. The minimum Gasteiger partial charge on any atom is -0.301 e. The molecule has 2 aromatic rings. The summed E-state index contributed by atoms with van der Waals surface area (Å²) in [7, 11) is 0. The van der Waals surface area contributed by atoms with Crippen LogP contribution >= 0.6 is 22.9 Å².